The first kappa shape index (κ1) is 39.0. The second-order valence-corrected chi connectivity index (χ2v) is 15.4. The number of aromatic nitrogens is 3. The lowest BCUT2D eigenvalue weighted by molar-refractivity contribution is -0.136. The van der Waals surface area contributed by atoms with Gasteiger partial charge in [-0.1, -0.05) is 18.5 Å². The van der Waals surface area contributed by atoms with Crippen LogP contribution in [0, 0.1) is 0 Å². The lowest BCUT2D eigenvalue weighted by Gasteiger charge is -2.38. The van der Waals surface area contributed by atoms with Crippen molar-refractivity contribution in [1.29, 1.82) is 0 Å². The summed E-state index contributed by atoms with van der Waals surface area (Å²) in [6.07, 6.45) is 5.48. The molecule has 16 nitrogen and oxygen atoms in total. The van der Waals surface area contributed by atoms with Gasteiger partial charge in [-0.25, -0.2) is 4.98 Å². The van der Waals surface area contributed by atoms with Crippen LogP contribution in [0.5, 0.6) is 5.75 Å². The number of amides is 4. The van der Waals surface area contributed by atoms with E-state index in [4.69, 9.17) is 26.1 Å². The Morgan fingerprint density at radius 2 is 1.60 bits per heavy atom. The van der Waals surface area contributed by atoms with Gasteiger partial charge in [-0.05, 0) is 74.6 Å². The van der Waals surface area contributed by atoms with Gasteiger partial charge in [-0.3, -0.25) is 39.0 Å². The number of anilines is 4. The molecule has 3 saturated heterocycles. The highest BCUT2D eigenvalue weighted by molar-refractivity contribution is 6.33. The Labute approximate surface area is 338 Å². The van der Waals surface area contributed by atoms with E-state index in [1.54, 1.807) is 38.4 Å². The predicted octanol–water partition coefficient (Wildman–Crippen LogP) is 4.14. The van der Waals surface area contributed by atoms with Crippen molar-refractivity contribution in [2.24, 2.45) is 7.05 Å². The number of pyridine rings is 1. The molecule has 1 unspecified atom stereocenters. The van der Waals surface area contributed by atoms with Crippen LogP contribution in [0.3, 0.4) is 0 Å². The fourth-order valence-electron chi connectivity index (χ4n) is 8.00. The van der Waals surface area contributed by atoms with Gasteiger partial charge in [0, 0.05) is 62.8 Å². The quantitative estimate of drug-likeness (QED) is 0.206. The zero-order valence-electron chi connectivity index (χ0n) is 32.2. The van der Waals surface area contributed by atoms with Gasteiger partial charge in [-0.15, -0.1) is 0 Å². The van der Waals surface area contributed by atoms with Gasteiger partial charge in [0.2, 0.25) is 17.8 Å². The molecule has 302 valence electrons. The summed E-state index contributed by atoms with van der Waals surface area (Å²) < 4.78 is 13.6. The summed E-state index contributed by atoms with van der Waals surface area (Å²) in [6, 6.07) is 11.4. The van der Waals surface area contributed by atoms with E-state index in [2.05, 4.69) is 25.4 Å². The number of hydrogen-bond donors (Lipinski definition) is 2. The van der Waals surface area contributed by atoms with Gasteiger partial charge < -0.3 is 29.2 Å². The van der Waals surface area contributed by atoms with E-state index in [9.17, 15) is 28.8 Å². The van der Waals surface area contributed by atoms with E-state index >= 15 is 0 Å². The number of hydrogen-bond acceptors (Lipinski definition) is 13. The lowest BCUT2D eigenvalue weighted by Crippen LogP contribution is -2.54. The van der Waals surface area contributed by atoms with E-state index in [1.807, 2.05) is 24.3 Å². The highest BCUT2D eigenvalue weighted by Gasteiger charge is 2.45. The highest BCUT2D eigenvalue weighted by Crippen LogP contribution is 2.33. The van der Waals surface area contributed by atoms with Crippen molar-refractivity contribution in [3.05, 3.63) is 75.2 Å². The Hall–Kier alpha value is -5.87. The van der Waals surface area contributed by atoms with Crippen LogP contribution in [0.2, 0.25) is 5.02 Å². The van der Waals surface area contributed by atoms with Crippen molar-refractivity contribution in [1.82, 2.24) is 24.8 Å². The standard InChI is InChI=1S/C41H43ClN8O8/c1-3-26(51)22-57-34-19-23-18-24(4-7-32(23)47(2)40(34)56)44-36-31(42)21-43-41(46-36)49-16-12-28(13-17-49)58-27-10-14-48(15-11-27)25-5-6-29-30(20-25)39(55)50(38(29)54)33-8-9-35(52)45-37(33)53/h4-7,18-21,27-28,33H,3,8-17,22H2,1-2H3,(H,43,44,46)(H,45,52,53). The summed E-state index contributed by atoms with van der Waals surface area (Å²) in [4.78, 5) is 89.7. The number of nitrogens with one attached hydrogen (secondary N) is 2. The van der Waals surface area contributed by atoms with Gasteiger partial charge in [0.1, 0.15) is 17.7 Å². The molecular weight excluding hydrogens is 768 g/mol. The van der Waals surface area contributed by atoms with Crippen molar-refractivity contribution in [3.63, 3.8) is 0 Å². The molecule has 2 aromatic carbocycles. The number of nitrogens with zero attached hydrogens (tertiary/aromatic N) is 6. The molecule has 6 heterocycles. The Bertz CT molecular complexity index is 2390. The van der Waals surface area contributed by atoms with Crippen LogP contribution in [0.4, 0.5) is 23.1 Å². The number of ketones is 1. The fourth-order valence-corrected chi connectivity index (χ4v) is 8.14. The Morgan fingerprint density at radius 3 is 2.31 bits per heavy atom. The molecule has 4 aliphatic heterocycles. The van der Waals surface area contributed by atoms with Crippen molar-refractivity contribution in [2.45, 2.75) is 70.1 Å². The molecule has 4 amide bonds. The lowest BCUT2D eigenvalue weighted by atomic mass is 10.0. The molecule has 0 radical (unpaired) electrons. The summed E-state index contributed by atoms with van der Waals surface area (Å²) in [7, 11) is 1.66. The summed E-state index contributed by atoms with van der Waals surface area (Å²) in [5.41, 5.74) is 2.45. The van der Waals surface area contributed by atoms with Crippen molar-refractivity contribution in [2.75, 3.05) is 47.9 Å². The third-order valence-corrected chi connectivity index (χ3v) is 11.6. The third kappa shape index (κ3) is 7.73. The maximum Gasteiger partial charge on any atom is 0.293 e. The number of carbonyl (C=O) groups excluding carboxylic acids is 5. The molecule has 4 aromatic rings. The number of halogens is 1. The first-order valence-electron chi connectivity index (χ1n) is 19.6. The van der Waals surface area contributed by atoms with Crippen molar-refractivity contribution >= 4 is 75.1 Å². The smallest absolute Gasteiger partial charge is 0.293 e. The van der Waals surface area contributed by atoms with Gasteiger partial charge in [-0.2, -0.15) is 4.98 Å². The fraction of sp³-hybridized carbons (Fsp3) is 0.415. The normalized spacial score (nSPS) is 19.2. The van der Waals surface area contributed by atoms with Crippen LogP contribution < -0.4 is 30.7 Å². The van der Waals surface area contributed by atoms with Crippen LogP contribution in [0.15, 0.2) is 53.5 Å². The van der Waals surface area contributed by atoms with Crippen molar-refractivity contribution in [3.8, 4) is 5.75 Å². The SMILES string of the molecule is CCC(=O)COc1cc2cc(Nc3nc(N4CCC(OC5CCN(c6ccc7c(c6)C(=O)N(C6CCC(=O)NC6=O)C7=O)CC5)CC4)ncc3Cl)ccc2n(C)c1=O. The molecule has 0 saturated carbocycles. The monoisotopic (exact) mass is 810 g/mol. The summed E-state index contributed by atoms with van der Waals surface area (Å²) in [5.74, 6) is -1.06. The summed E-state index contributed by atoms with van der Waals surface area (Å²) in [6.45, 7) is 4.43. The molecule has 8 rings (SSSR count). The van der Waals surface area contributed by atoms with Crippen LogP contribution >= 0.6 is 11.6 Å². The van der Waals surface area contributed by atoms with Crippen molar-refractivity contribution < 1.29 is 33.4 Å². The minimum atomic E-state index is -0.995. The molecule has 4 aliphatic rings. The van der Waals surface area contributed by atoms with E-state index in [1.165, 1.54) is 4.57 Å². The first-order chi connectivity index (χ1) is 28.0. The minimum absolute atomic E-state index is 0.0748. The maximum atomic E-state index is 13.3. The highest BCUT2D eigenvalue weighted by atomic mass is 35.5. The van der Waals surface area contributed by atoms with Gasteiger partial charge in [0.05, 0.1) is 35.0 Å². The molecule has 3 fully saturated rings. The van der Waals surface area contributed by atoms with E-state index in [-0.39, 0.29) is 59.9 Å². The maximum absolute atomic E-state index is 13.3. The number of Topliss-reactive ketones (excluding diaryl/α,β-unsaturated/α-hetero) is 1. The molecule has 17 heteroatoms. The van der Waals surface area contributed by atoms with Gasteiger partial charge in [0.15, 0.2) is 17.4 Å². The van der Waals surface area contributed by atoms with Crippen LogP contribution in [0.25, 0.3) is 10.9 Å². The third-order valence-electron chi connectivity index (χ3n) is 11.3. The number of aryl methyl sites for hydroxylation is 1. The molecule has 2 aromatic heterocycles. The molecular formula is C41H43ClN8O8. The van der Waals surface area contributed by atoms with Crippen LogP contribution in [0.1, 0.15) is 72.6 Å². The Kier molecular flexibility index (Phi) is 10.9. The zero-order valence-corrected chi connectivity index (χ0v) is 32.9. The van der Waals surface area contributed by atoms with Crippen LogP contribution in [-0.4, -0.2) is 99.9 Å². The molecule has 58 heavy (non-hydrogen) atoms. The number of piperidine rings is 3. The largest absolute Gasteiger partial charge is 0.480 e. The first-order valence-corrected chi connectivity index (χ1v) is 19.9. The number of ether oxygens (including phenoxy) is 2. The molecule has 0 aliphatic carbocycles. The second-order valence-electron chi connectivity index (χ2n) is 15.0. The number of fused-ring (bicyclic) bond motifs is 2. The average molecular weight is 811 g/mol. The summed E-state index contributed by atoms with van der Waals surface area (Å²) >= 11 is 6.54. The molecule has 1 atom stereocenters. The number of benzene rings is 2. The number of carbonyl (C=O) groups is 5. The summed E-state index contributed by atoms with van der Waals surface area (Å²) in [5, 5.41) is 6.61. The van der Waals surface area contributed by atoms with Gasteiger partial charge in [0.25, 0.3) is 17.4 Å². The minimum Gasteiger partial charge on any atom is -0.480 e. The molecule has 0 bridgehead atoms. The van der Waals surface area contributed by atoms with Crippen LogP contribution in [-0.2, 0) is 26.2 Å². The second kappa shape index (κ2) is 16.2. The molecule has 2 N–H and O–H groups in total. The van der Waals surface area contributed by atoms with E-state index in [0.29, 0.717) is 47.5 Å². The van der Waals surface area contributed by atoms with Gasteiger partial charge >= 0.3 is 0 Å². The average Bonchev–Trinajstić information content (AvgIpc) is 3.47. The van der Waals surface area contributed by atoms with E-state index < -0.39 is 29.7 Å². The predicted molar refractivity (Wildman–Crippen MR) is 215 cm³/mol. The Morgan fingerprint density at radius 1 is 0.897 bits per heavy atom. The number of imide groups is 2. The molecule has 0 spiro atoms. The topological polar surface area (TPSA) is 185 Å². The zero-order chi connectivity index (χ0) is 40.7. The van der Waals surface area contributed by atoms with E-state index in [0.717, 1.165) is 54.7 Å². The Balaban J connectivity index is 0.842. The number of rotatable bonds is 11.